The number of para-hydroxylation sites is 1. The van der Waals surface area contributed by atoms with Gasteiger partial charge in [-0.15, -0.1) is 0 Å². The molecule has 1 unspecified atom stereocenters. The van der Waals surface area contributed by atoms with Crippen molar-refractivity contribution < 1.29 is 9.72 Å². The highest BCUT2D eigenvalue weighted by Gasteiger charge is 2.21. The molecule has 0 aliphatic carbocycles. The minimum atomic E-state index is -0.596. The van der Waals surface area contributed by atoms with Crippen LogP contribution >= 0.6 is 0 Å². The van der Waals surface area contributed by atoms with Crippen LogP contribution in [0.5, 0.6) is 0 Å². The molecule has 0 aliphatic heterocycles. The lowest BCUT2D eigenvalue weighted by Crippen LogP contribution is -2.35. The Morgan fingerprint density at radius 2 is 2.06 bits per heavy atom. The standard InChI is InChI=1S/C10H15N5O3/c1-6(10(16)12-2)13-7-4-3-5-8(14-11)9(7)15(17)18/h3-6,13-14H,11H2,1-2H3,(H,12,16). The van der Waals surface area contributed by atoms with Crippen molar-refractivity contribution in [3.8, 4) is 0 Å². The van der Waals surface area contributed by atoms with Gasteiger partial charge in [0, 0.05) is 7.05 Å². The molecule has 0 bridgehead atoms. The zero-order chi connectivity index (χ0) is 13.7. The minimum Gasteiger partial charge on any atom is -0.368 e. The van der Waals surface area contributed by atoms with Crippen molar-refractivity contribution in [3.63, 3.8) is 0 Å². The number of anilines is 2. The molecule has 5 N–H and O–H groups in total. The molecule has 0 radical (unpaired) electrons. The van der Waals surface area contributed by atoms with Gasteiger partial charge in [-0.25, -0.2) is 0 Å². The van der Waals surface area contributed by atoms with Gasteiger partial charge in [-0.3, -0.25) is 20.8 Å². The lowest BCUT2D eigenvalue weighted by Gasteiger charge is -2.14. The van der Waals surface area contributed by atoms with Gasteiger partial charge in [-0.2, -0.15) is 0 Å². The van der Waals surface area contributed by atoms with E-state index in [2.05, 4.69) is 16.1 Å². The summed E-state index contributed by atoms with van der Waals surface area (Å²) in [5.41, 5.74) is 2.46. The second kappa shape index (κ2) is 5.82. The van der Waals surface area contributed by atoms with Gasteiger partial charge >= 0.3 is 5.69 Å². The summed E-state index contributed by atoms with van der Waals surface area (Å²) in [5.74, 6) is 4.94. The van der Waals surface area contributed by atoms with E-state index in [4.69, 9.17) is 5.84 Å². The number of nitro benzene ring substituents is 1. The Labute approximate surface area is 104 Å². The number of nitrogens with zero attached hydrogens (tertiary/aromatic N) is 1. The number of nitrogens with one attached hydrogen (secondary N) is 3. The monoisotopic (exact) mass is 253 g/mol. The van der Waals surface area contributed by atoms with E-state index in [0.29, 0.717) is 0 Å². The van der Waals surface area contributed by atoms with Gasteiger partial charge in [-0.1, -0.05) is 6.07 Å². The highest BCUT2D eigenvalue weighted by atomic mass is 16.6. The number of carbonyl (C=O) groups is 1. The zero-order valence-corrected chi connectivity index (χ0v) is 10.1. The number of carbonyl (C=O) groups excluding carboxylic acids is 1. The van der Waals surface area contributed by atoms with Crippen molar-refractivity contribution in [2.45, 2.75) is 13.0 Å². The molecule has 18 heavy (non-hydrogen) atoms. The molecule has 8 heteroatoms. The van der Waals surface area contributed by atoms with Crippen LogP contribution in [0.3, 0.4) is 0 Å². The van der Waals surface area contributed by atoms with Crippen LogP contribution in [0.1, 0.15) is 6.92 Å². The molecule has 1 atom stereocenters. The number of nitrogens with two attached hydrogens (primary N) is 1. The van der Waals surface area contributed by atoms with Gasteiger partial charge in [0.25, 0.3) is 0 Å². The first-order valence-electron chi connectivity index (χ1n) is 5.23. The average molecular weight is 253 g/mol. The van der Waals surface area contributed by atoms with Gasteiger partial charge in [0.15, 0.2) is 0 Å². The normalized spacial score (nSPS) is 11.5. The van der Waals surface area contributed by atoms with Gasteiger partial charge in [-0.05, 0) is 19.1 Å². The number of hydrogen-bond donors (Lipinski definition) is 4. The van der Waals surface area contributed by atoms with E-state index < -0.39 is 11.0 Å². The fraction of sp³-hybridized carbons (Fsp3) is 0.300. The quantitative estimate of drug-likeness (QED) is 0.343. The second-order valence-electron chi connectivity index (χ2n) is 3.58. The zero-order valence-electron chi connectivity index (χ0n) is 10.1. The maximum absolute atomic E-state index is 11.4. The average Bonchev–Trinajstić information content (AvgIpc) is 2.36. The molecule has 8 nitrogen and oxygen atoms in total. The van der Waals surface area contributed by atoms with E-state index >= 15 is 0 Å². The maximum Gasteiger partial charge on any atom is 0.316 e. The summed E-state index contributed by atoms with van der Waals surface area (Å²) < 4.78 is 0. The predicted octanol–water partition coefficient (Wildman–Crippen LogP) is 0.427. The van der Waals surface area contributed by atoms with Crippen molar-refractivity contribution in [3.05, 3.63) is 28.3 Å². The third-order valence-electron chi connectivity index (χ3n) is 2.39. The smallest absolute Gasteiger partial charge is 0.316 e. The molecular weight excluding hydrogens is 238 g/mol. The first-order valence-corrected chi connectivity index (χ1v) is 5.23. The van der Waals surface area contributed by atoms with Gasteiger partial charge < -0.3 is 16.1 Å². The van der Waals surface area contributed by atoms with Gasteiger partial charge in [0.2, 0.25) is 5.91 Å². The molecule has 0 saturated heterocycles. The summed E-state index contributed by atoms with van der Waals surface area (Å²) in [6, 6.07) is 4.00. The summed E-state index contributed by atoms with van der Waals surface area (Å²) in [5, 5.41) is 16.2. The van der Waals surface area contributed by atoms with E-state index in [1.807, 2.05) is 0 Å². The Morgan fingerprint density at radius 1 is 1.44 bits per heavy atom. The molecule has 0 spiro atoms. The third-order valence-corrected chi connectivity index (χ3v) is 2.39. The predicted molar refractivity (Wildman–Crippen MR) is 68.1 cm³/mol. The van der Waals surface area contributed by atoms with Crippen molar-refractivity contribution in [1.82, 2.24) is 5.32 Å². The molecule has 1 aromatic rings. The van der Waals surface area contributed by atoms with Crippen LogP contribution in [0, 0.1) is 10.1 Å². The molecule has 0 aliphatic rings. The molecule has 98 valence electrons. The van der Waals surface area contributed by atoms with Gasteiger partial charge in [0.1, 0.15) is 17.4 Å². The van der Waals surface area contributed by atoms with E-state index in [1.165, 1.54) is 19.2 Å². The number of benzene rings is 1. The Kier molecular flexibility index (Phi) is 4.44. The summed E-state index contributed by atoms with van der Waals surface area (Å²) in [6.45, 7) is 1.60. The van der Waals surface area contributed by atoms with E-state index in [0.717, 1.165) is 0 Å². The number of nitro groups is 1. The fourth-order valence-corrected chi connectivity index (χ4v) is 1.49. The van der Waals surface area contributed by atoms with Crippen LogP contribution in [-0.4, -0.2) is 23.9 Å². The fourth-order valence-electron chi connectivity index (χ4n) is 1.49. The van der Waals surface area contributed by atoms with Crippen LogP contribution in [0.25, 0.3) is 0 Å². The third kappa shape index (κ3) is 2.86. The van der Waals surface area contributed by atoms with Crippen LogP contribution in [0.4, 0.5) is 17.1 Å². The van der Waals surface area contributed by atoms with Crippen molar-refractivity contribution in [2.24, 2.45) is 5.84 Å². The molecule has 0 heterocycles. The highest BCUT2D eigenvalue weighted by Crippen LogP contribution is 2.32. The van der Waals surface area contributed by atoms with Crippen molar-refractivity contribution >= 4 is 23.0 Å². The molecule has 1 aromatic carbocycles. The molecule has 1 amide bonds. The molecule has 1 rings (SSSR count). The Balaban J connectivity index is 3.09. The summed E-state index contributed by atoms with van der Waals surface area (Å²) in [7, 11) is 1.49. The Bertz CT molecular complexity index is 463. The summed E-state index contributed by atoms with van der Waals surface area (Å²) >= 11 is 0. The number of rotatable bonds is 5. The largest absolute Gasteiger partial charge is 0.368 e. The number of hydrazine groups is 1. The van der Waals surface area contributed by atoms with Crippen molar-refractivity contribution in [2.75, 3.05) is 17.8 Å². The van der Waals surface area contributed by atoms with E-state index in [-0.39, 0.29) is 23.0 Å². The van der Waals surface area contributed by atoms with Crippen LogP contribution in [-0.2, 0) is 4.79 Å². The highest BCUT2D eigenvalue weighted by molar-refractivity contribution is 5.86. The first-order chi connectivity index (χ1) is 8.51. The molecular formula is C10H15N5O3. The topological polar surface area (TPSA) is 122 Å². The Morgan fingerprint density at radius 3 is 2.56 bits per heavy atom. The number of nitrogen functional groups attached to an aromatic ring is 1. The molecule has 0 fully saturated rings. The van der Waals surface area contributed by atoms with Crippen molar-refractivity contribution in [1.29, 1.82) is 0 Å². The lowest BCUT2D eigenvalue weighted by atomic mass is 10.2. The number of amides is 1. The minimum absolute atomic E-state index is 0.175. The van der Waals surface area contributed by atoms with E-state index in [1.54, 1.807) is 13.0 Å². The maximum atomic E-state index is 11.4. The number of likely N-dealkylation sites (N-methyl/N-ethyl adjacent to an activating group) is 1. The SMILES string of the molecule is CNC(=O)C(C)Nc1cccc(NN)c1[N+](=O)[O-]. The lowest BCUT2D eigenvalue weighted by molar-refractivity contribution is -0.383. The van der Waals surface area contributed by atoms with Gasteiger partial charge in [0.05, 0.1) is 4.92 Å². The van der Waals surface area contributed by atoms with E-state index in [9.17, 15) is 14.9 Å². The summed E-state index contributed by atoms with van der Waals surface area (Å²) in [4.78, 5) is 21.8. The van der Waals surface area contributed by atoms with Crippen LogP contribution < -0.4 is 21.9 Å². The summed E-state index contributed by atoms with van der Waals surface area (Å²) in [6.07, 6.45) is 0. The molecule has 0 aromatic heterocycles. The Hall–Kier alpha value is -2.35. The number of hydrogen-bond acceptors (Lipinski definition) is 6. The van der Waals surface area contributed by atoms with Crippen LogP contribution in [0.2, 0.25) is 0 Å². The second-order valence-corrected chi connectivity index (χ2v) is 3.58. The first kappa shape index (κ1) is 13.7. The van der Waals surface area contributed by atoms with Crippen LogP contribution in [0.15, 0.2) is 18.2 Å². The molecule has 0 saturated carbocycles.